The molecule has 1 aromatic carbocycles. The van der Waals surface area contributed by atoms with Gasteiger partial charge in [-0.05, 0) is 57.7 Å². The first-order valence-corrected chi connectivity index (χ1v) is 6.68. The topological polar surface area (TPSA) is 42.2 Å². The van der Waals surface area contributed by atoms with Crippen LogP contribution in [0.1, 0.15) is 16.7 Å². The number of pyridine rings is 1. The lowest BCUT2D eigenvalue weighted by molar-refractivity contribution is 0.851. The van der Waals surface area contributed by atoms with Crippen LogP contribution in [-0.4, -0.2) is 4.98 Å². The number of rotatable bonds is 1. The van der Waals surface area contributed by atoms with Crippen LogP contribution in [-0.2, 0) is 13.1 Å². The van der Waals surface area contributed by atoms with Gasteiger partial charge >= 0.3 is 0 Å². The van der Waals surface area contributed by atoms with Crippen molar-refractivity contribution in [3.63, 3.8) is 0 Å². The van der Waals surface area contributed by atoms with Crippen LogP contribution < -0.4 is 10.6 Å². The smallest absolute Gasteiger partial charge is 0.143 e. The Hall–Kier alpha value is -1.55. The molecular weight excluding hydrogens is 290 g/mol. The molecule has 0 saturated heterocycles. The van der Waals surface area contributed by atoms with Crippen molar-refractivity contribution >= 4 is 27.4 Å². The van der Waals surface area contributed by atoms with Crippen molar-refractivity contribution in [3.8, 4) is 0 Å². The standard InChI is InChI=1S/C14H14BrN3/c1-9-4-5-17-14(13(9)15)18-7-10-2-3-12(16)6-11(10)8-18/h2-6H,7-8,16H2,1H3. The van der Waals surface area contributed by atoms with Crippen molar-refractivity contribution in [3.05, 3.63) is 51.6 Å². The molecule has 1 aliphatic heterocycles. The number of nitrogens with zero attached hydrogens (tertiary/aromatic N) is 2. The maximum atomic E-state index is 5.83. The summed E-state index contributed by atoms with van der Waals surface area (Å²) in [5.74, 6) is 1.00. The van der Waals surface area contributed by atoms with E-state index in [4.69, 9.17) is 5.73 Å². The Labute approximate surface area is 115 Å². The fraction of sp³-hybridized carbons (Fsp3) is 0.214. The van der Waals surface area contributed by atoms with E-state index in [-0.39, 0.29) is 0 Å². The predicted octanol–water partition coefficient (Wildman–Crippen LogP) is 3.25. The molecule has 1 aliphatic rings. The molecule has 0 bridgehead atoms. The average molecular weight is 304 g/mol. The molecule has 0 amide bonds. The van der Waals surface area contributed by atoms with Crippen LogP contribution in [0.4, 0.5) is 11.5 Å². The number of halogens is 1. The van der Waals surface area contributed by atoms with Crippen molar-refractivity contribution < 1.29 is 0 Å². The van der Waals surface area contributed by atoms with E-state index in [0.717, 1.165) is 29.1 Å². The van der Waals surface area contributed by atoms with Gasteiger partial charge in [-0.1, -0.05) is 6.07 Å². The lowest BCUT2D eigenvalue weighted by Crippen LogP contribution is -2.16. The molecule has 0 spiro atoms. The van der Waals surface area contributed by atoms with Gasteiger partial charge in [0.2, 0.25) is 0 Å². The number of hydrogen-bond donors (Lipinski definition) is 1. The Bertz CT molecular complexity index is 610. The van der Waals surface area contributed by atoms with Crippen LogP contribution in [0.5, 0.6) is 0 Å². The van der Waals surface area contributed by atoms with E-state index < -0.39 is 0 Å². The molecule has 0 aliphatic carbocycles. The summed E-state index contributed by atoms with van der Waals surface area (Å²) in [4.78, 5) is 6.74. The SMILES string of the molecule is Cc1ccnc(N2Cc3ccc(N)cc3C2)c1Br. The van der Waals surface area contributed by atoms with E-state index in [1.54, 1.807) is 0 Å². The largest absolute Gasteiger partial charge is 0.399 e. The number of aryl methyl sites for hydroxylation is 1. The maximum Gasteiger partial charge on any atom is 0.143 e. The third kappa shape index (κ3) is 1.86. The van der Waals surface area contributed by atoms with Gasteiger partial charge in [-0.2, -0.15) is 0 Å². The lowest BCUT2D eigenvalue weighted by atomic mass is 10.1. The van der Waals surface area contributed by atoms with Crippen molar-refractivity contribution in [1.29, 1.82) is 0 Å². The second-order valence-corrected chi connectivity index (χ2v) is 5.44. The highest BCUT2D eigenvalue weighted by molar-refractivity contribution is 9.10. The molecule has 0 radical (unpaired) electrons. The third-order valence-electron chi connectivity index (χ3n) is 3.32. The first-order valence-electron chi connectivity index (χ1n) is 5.88. The van der Waals surface area contributed by atoms with Crippen LogP contribution in [0.15, 0.2) is 34.9 Å². The molecule has 18 heavy (non-hydrogen) atoms. The Morgan fingerprint density at radius 2 is 2.00 bits per heavy atom. The molecule has 4 heteroatoms. The summed E-state index contributed by atoms with van der Waals surface area (Å²) >= 11 is 3.62. The van der Waals surface area contributed by atoms with E-state index in [0.29, 0.717) is 0 Å². The van der Waals surface area contributed by atoms with Crippen LogP contribution in [0.3, 0.4) is 0 Å². The van der Waals surface area contributed by atoms with Crippen LogP contribution >= 0.6 is 15.9 Å². The van der Waals surface area contributed by atoms with E-state index >= 15 is 0 Å². The fourth-order valence-electron chi connectivity index (χ4n) is 2.31. The minimum absolute atomic E-state index is 0.826. The van der Waals surface area contributed by atoms with Crippen LogP contribution in [0.25, 0.3) is 0 Å². The maximum absolute atomic E-state index is 5.83. The summed E-state index contributed by atoms with van der Waals surface area (Å²) in [7, 11) is 0. The van der Waals surface area contributed by atoms with Gasteiger partial charge in [0.1, 0.15) is 5.82 Å². The first kappa shape index (κ1) is 11.5. The van der Waals surface area contributed by atoms with Crippen molar-refractivity contribution in [1.82, 2.24) is 4.98 Å². The van der Waals surface area contributed by atoms with Crippen LogP contribution in [0, 0.1) is 6.92 Å². The molecule has 2 heterocycles. The second-order valence-electron chi connectivity index (χ2n) is 4.65. The average Bonchev–Trinajstić information content (AvgIpc) is 2.75. The summed E-state index contributed by atoms with van der Waals surface area (Å²) < 4.78 is 1.07. The van der Waals surface area contributed by atoms with Gasteiger partial charge < -0.3 is 10.6 Å². The molecule has 0 fully saturated rings. The summed E-state index contributed by atoms with van der Waals surface area (Å²) in [6.07, 6.45) is 1.85. The highest BCUT2D eigenvalue weighted by atomic mass is 79.9. The van der Waals surface area contributed by atoms with Gasteiger partial charge in [0.25, 0.3) is 0 Å². The van der Waals surface area contributed by atoms with Crippen molar-refractivity contribution in [2.24, 2.45) is 0 Å². The van der Waals surface area contributed by atoms with Crippen molar-refractivity contribution in [2.45, 2.75) is 20.0 Å². The number of benzene rings is 1. The Balaban J connectivity index is 1.96. The zero-order valence-corrected chi connectivity index (χ0v) is 11.7. The van der Waals surface area contributed by atoms with E-state index in [2.05, 4.69) is 44.9 Å². The van der Waals surface area contributed by atoms with Gasteiger partial charge in [0.15, 0.2) is 0 Å². The molecule has 2 aromatic rings. The Morgan fingerprint density at radius 3 is 2.83 bits per heavy atom. The molecule has 1 aromatic heterocycles. The number of aromatic nitrogens is 1. The monoisotopic (exact) mass is 303 g/mol. The molecule has 3 nitrogen and oxygen atoms in total. The number of hydrogen-bond acceptors (Lipinski definition) is 3. The zero-order valence-electron chi connectivity index (χ0n) is 10.2. The lowest BCUT2D eigenvalue weighted by Gasteiger charge is -2.18. The number of nitrogen functional groups attached to an aromatic ring is 1. The van der Waals surface area contributed by atoms with Crippen molar-refractivity contribution in [2.75, 3.05) is 10.6 Å². The predicted molar refractivity (Wildman–Crippen MR) is 77.4 cm³/mol. The van der Waals surface area contributed by atoms with Gasteiger partial charge in [0, 0.05) is 25.0 Å². The molecule has 0 atom stereocenters. The van der Waals surface area contributed by atoms with Crippen LogP contribution in [0.2, 0.25) is 0 Å². The molecule has 92 valence electrons. The highest BCUT2D eigenvalue weighted by Crippen LogP contribution is 2.33. The molecule has 2 N–H and O–H groups in total. The highest BCUT2D eigenvalue weighted by Gasteiger charge is 2.22. The third-order valence-corrected chi connectivity index (χ3v) is 4.30. The molecule has 3 rings (SSSR count). The first-order chi connectivity index (χ1) is 8.65. The minimum atomic E-state index is 0.826. The van der Waals surface area contributed by atoms with Gasteiger partial charge in [-0.25, -0.2) is 4.98 Å². The molecule has 0 saturated carbocycles. The fourth-order valence-corrected chi connectivity index (χ4v) is 2.80. The van der Waals surface area contributed by atoms with Gasteiger partial charge in [-0.3, -0.25) is 0 Å². The van der Waals surface area contributed by atoms with Gasteiger partial charge in [-0.15, -0.1) is 0 Å². The summed E-state index contributed by atoms with van der Waals surface area (Å²) in [6.45, 7) is 3.84. The molecule has 0 unspecified atom stereocenters. The summed E-state index contributed by atoms with van der Waals surface area (Å²) in [5.41, 5.74) is 10.5. The summed E-state index contributed by atoms with van der Waals surface area (Å²) in [5, 5.41) is 0. The number of anilines is 2. The molecular formula is C14H14BrN3. The zero-order chi connectivity index (χ0) is 12.7. The normalized spacial score (nSPS) is 13.8. The number of nitrogens with two attached hydrogens (primary N) is 1. The minimum Gasteiger partial charge on any atom is -0.399 e. The Kier molecular flexibility index (Phi) is 2.74. The van der Waals surface area contributed by atoms with E-state index in [1.807, 2.05) is 18.3 Å². The van der Waals surface area contributed by atoms with E-state index in [9.17, 15) is 0 Å². The Morgan fingerprint density at radius 1 is 1.22 bits per heavy atom. The quantitative estimate of drug-likeness (QED) is 0.822. The van der Waals surface area contributed by atoms with E-state index in [1.165, 1.54) is 16.7 Å². The summed E-state index contributed by atoms with van der Waals surface area (Å²) in [6, 6.07) is 8.13. The van der Waals surface area contributed by atoms with Gasteiger partial charge in [0.05, 0.1) is 4.47 Å². The second kappa shape index (κ2) is 4.28. The number of fused-ring (bicyclic) bond motifs is 1.